The number of anilines is 2. The number of likely N-dealkylation sites (tertiary alicyclic amines) is 2. The van der Waals surface area contributed by atoms with Crippen molar-refractivity contribution in [2.24, 2.45) is 0 Å². The number of hydrogen-bond acceptors (Lipinski definition) is 8. The van der Waals surface area contributed by atoms with E-state index in [4.69, 9.17) is 9.15 Å². The zero-order valence-corrected chi connectivity index (χ0v) is 35.9. The monoisotopic (exact) mass is 906 g/mol. The molecule has 0 saturated carbocycles. The largest absolute Gasteiger partial charge is 0.465 e. The number of amides is 6. The third-order valence-corrected chi connectivity index (χ3v) is 11.5. The maximum Gasteiger partial charge on any atom is 0.408 e. The van der Waals surface area contributed by atoms with Gasteiger partial charge >= 0.3 is 12.2 Å². The molecule has 5 N–H and O–H groups in total. The van der Waals surface area contributed by atoms with Crippen molar-refractivity contribution in [3.05, 3.63) is 119 Å². The first-order valence-corrected chi connectivity index (χ1v) is 21.1. The predicted molar refractivity (Wildman–Crippen MR) is 235 cm³/mol. The molecule has 1 aromatic heterocycles. The van der Waals surface area contributed by atoms with Gasteiger partial charge in [-0.05, 0) is 116 Å². The van der Waals surface area contributed by atoms with Crippen LogP contribution < -0.4 is 21.3 Å². The molecule has 3 heterocycles. The SMILES string of the molecule is CC(C)(C)OC(=O)N[C@@H](C(=O)N1CCC[C@H]1C(=O)Nc1ccc2oc(-c3ccc(NC(=O)[C@@H]4CCCN4C(=O)[C@H](NC(=O)O)c4ccccc4)cc3)c(Br)c2c1)c1ccccc1. The number of carbonyl (C=O) groups excluding carboxylic acids is 5. The Morgan fingerprint density at radius 1 is 0.710 bits per heavy atom. The molecule has 6 amide bonds. The molecule has 15 nitrogen and oxygen atoms in total. The number of carboxylic acid groups (broad SMARTS) is 1. The summed E-state index contributed by atoms with van der Waals surface area (Å²) in [5.74, 6) is -1.15. The number of fused-ring (bicyclic) bond motifs is 1. The molecule has 0 unspecified atom stereocenters. The van der Waals surface area contributed by atoms with Crippen molar-refractivity contribution in [2.45, 2.75) is 76.2 Å². The molecule has 62 heavy (non-hydrogen) atoms. The lowest BCUT2D eigenvalue weighted by atomic mass is 10.0. The number of halogens is 1. The van der Waals surface area contributed by atoms with Gasteiger partial charge in [0.2, 0.25) is 11.8 Å². The van der Waals surface area contributed by atoms with Crippen molar-refractivity contribution >= 4 is 74.1 Å². The lowest BCUT2D eigenvalue weighted by molar-refractivity contribution is -0.138. The van der Waals surface area contributed by atoms with Crippen molar-refractivity contribution in [2.75, 3.05) is 23.7 Å². The van der Waals surface area contributed by atoms with Crippen LogP contribution >= 0.6 is 15.9 Å². The third-order valence-electron chi connectivity index (χ3n) is 10.7. The molecule has 0 spiro atoms. The van der Waals surface area contributed by atoms with E-state index in [2.05, 4.69) is 37.2 Å². The summed E-state index contributed by atoms with van der Waals surface area (Å²) >= 11 is 3.67. The summed E-state index contributed by atoms with van der Waals surface area (Å²) in [6.07, 6.45) is -0.0179. The summed E-state index contributed by atoms with van der Waals surface area (Å²) in [6.45, 7) is 5.87. The van der Waals surface area contributed by atoms with E-state index in [9.17, 15) is 33.9 Å². The normalized spacial score (nSPS) is 17.2. The lowest BCUT2D eigenvalue weighted by Gasteiger charge is -2.29. The minimum atomic E-state index is -1.35. The highest BCUT2D eigenvalue weighted by Crippen LogP contribution is 2.39. The fourth-order valence-corrected chi connectivity index (χ4v) is 8.46. The van der Waals surface area contributed by atoms with Crippen LogP contribution in [0.2, 0.25) is 0 Å². The number of alkyl carbamates (subject to hydrolysis) is 1. The number of ether oxygens (including phenoxy) is 1. The fraction of sp³-hybridized carbons (Fsp3) is 0.304. The molecule has 2 aliphatic heterocycles. The summed E-state index contributed by atoms with van der Waals surface area (Å²) < 4.78 is 12.3. The summed E-state index contributed by atoms with van der Waals surface area (Å²) in [6, 6.07) is 25.8. The molecular formula is C46H47BrN6O9. The van der Waals surface area contributed by atoms with Gasteiger partial charge in [0, 0.05) is 35.4 Å². The number of benzene rings is 4. The van der Waals surface area contributed by atoms with Crippen molar-refractivity contribution in [3.63, 3.8) is 0 Å². The summed E-state index contributed by atoms with van der Waals surface area (Å²) in [4.78, 5) is 82.3. The second-order valence-electron chi connectivity index (χ2n) is 16.2. The minimum absolute atomic E-state index is 0.314. The Balaban J connectivity index is 1.01. The molecule has 5 aromatic rings. The number of carbonyl (C=O) groups is 6. The highest BCUT2D eigenvalue weighted by atomic mass is 79.9. The van der Waals surface area contributed by atoms with Crippen LogP contribution in [0, 0.1) is 0 Å². The quantitative estimate of drug-likeness (QED) is 0.0872. The average molecular weight is 908 g/mol. The van der Waals surface area contributed by atoms with Crippen LogP contribution in [0.5, 0.6) is 0 Å². The zero-order chi connectivity index (χ0) is 44.1. The number of hydrogen-bond donors (Lipinski definition) is 5. The maximum absolute atomic E-state index is 14.0. The topological polar surface area (TPSA) is 200 Å². The zero-order valence-electron chi connectivity index (χ0n) is 34.4. The standard InChI is InChI=1S/C46H47BrN6O9/c1-46(2,3)62-45(60)51-38(28-14-8-5-9-15-28)43(57)53-25-11-17-34(53)41(55)49-31-22-23-35-32(26-31)36(47)39(61-35)29-18-20-30(21-19-29)48-40(54)33-16-10-24-52(33)42(56)37(50-44(58)59)27-12-6-4-7-13-27/h4-9,12-15,18-23,26,33-34,37-38,50H,10-11,16-17,24-25H2,1-3H3,(H,48,54)(H,49,55)(H,51,60)(H,58,59)/t33-,34-,37+,38+/m0/s1. The van der Waals surface area contributed by atoms with Gasteiger partial charge in [0.05, 0.1) is 4.47 Å². The first-order valence-electron chi connectivity index (χ1n) is 20.3. The molecule has 4 aromatic carbocycles. The van der Waals surface area contributed by atoms with Crippen LogP contribution in [0.15, 0.2) is 112 Å². The van der Waals surface area contributed by atoms with Crippen LogP contribution in [0.1, 0.15) is 69.7 Å². The summed E-state index contributed by atoms with van der Waals surface area (Å²) in [5.41, 5.74) is 2.51. The van der Waals surface area contributed by atoms with Crippen LogP contribution in [-0.2, 0) is 23.9 Å². The molecule has 0 radical (unpaired) electrons. The Bertz CT molecular complexity index is 2470. The predicted octanol–water partition coefficient (Wildman–Crippen LogP) is 8.00. The van der Waals surface area contributed by atoms with Crippen molar-refractivity contribution < 1.29 is 43.0 Å². The third kappa shape index (κ3) is 9.92. The molecule has 2 saturated heterocycles. The number of furan rings is 1. The van der Waals surface area contributed by atoms with Gasteiger partial charge in [0.15, 0.2) is 0 Å². The van der Waals surface area contributed by atoms with Gasteiger partial charge in [-0.2, -0.15) is 0 Å². The Morgan fingerprint density at radius 2 is 1.21 bits per heavy atom. The first-order chi connectivity index (χ1) is 29.7. The van der Waals surface area contributed by atoms with Gasteiger partial charge in [0.25, 0.3) is 11.8 Å². The Morgan fingerprint density at radius 3 is 1.73 bits per heavy atom. The van der Waals surface area contributed by atoms with E-state index in [1.807, 2.05) is 6.07 Å². The first kappa shape index (κ1) is 43.4. The van der Waals surface area contributed by atoms with Crippen LogP contribution in [0.4, 0.5) is 21.0 Å². The summed E-state index contributed by atoms with van der Waals surface area (Å²) in [5, 5.41) is 21.0. The molecule has 4 atom stereocenters. The second-order valence-corrected chi connectivity index (χ2v) is 17.0. The van der Waals surface area contributed by atoms with E-state index in [0.717, 1.165) is 0 Å². The maximum atomic E-state index is 14.0. The second kappa shape index (κ2) is 18.5. The van der Waals surface area contributed by atoms with E-state index in [-0.39, 0.29) is 11.8 Å². The van der Waals surface area contributed by atoms with Crippen molar-refractivity contribution in [1.29, 1.82) is 0 Å². The molecule has 2 fully saturated rings. The van der Waals surface area contributed by atoms with Gasteiger partial charge in [-0.15, -0.1) is 0 Å². The molecular weight excluding hydrogens is 860 g/mol. The van der Waals surface area contributed by atoms with Gasteiger partial charge in [-0.3, -0.25) is 19.2 Å². The molecule has 16 heteroatoms. The number of nitrogens with zero attached hydrogens (tertiary/aromatic N) is 2. The molecule has 2 aliphatic rings. The molecule has 0 aliphatic carbocycles. The molecule has 0 bridgehead atoms. The van der Waals surface area contributed by atoms with E-state index in [1.165, 1.54) is 9.80 Å². The van der Waals surface area contributed by atoms with E-state index < -0.39 is 53.8 Å². The lowest BCUT2D eigenvalue weighted by Crippen LogP contribution is -2.49. The van der Waals surface area contributed by atoms with Crippen LogP contribution in [0.3, 0.4) is 0 Å². The van der Waals surface area contributed by atoms with Gasteiger partial charge < -0.3 is 45.3 Å². The Kier molecular flexibility index (Phi) is 13.0. The Labute approximate surface area is 366 Å². The molecule has 322 valence electrons. The molecule has 7 rings (SSSR count). The van der Waals surface area contributed by atoms with E-state index in [0.29, 0.717) is 88.0 Å². The van der Waals surface area contributed by atoms with Crippen LogP contribution in [0.25, 0.3) is 22.3 Å². The van der Waals surface area contributed by atoms with Gasteiger partial charge in [0.1, 0.15) is 41.1 Å². The smallest absolute Gasteiger partial charge is 0.408 e. The summed E-state index contributed by atoms with van der Waals surface area (Å²) in [7, 11) is 0. The van der Waals surface area contributed by atoms with Gasteiger partial charge in [-0.25, -0.2) is 9.59 Å². The van der Waals surface area contributed by atoms with Crippen LogP contribution in [-0.4, -0.2) is 81.5 Å². The van der Waals surface area contributed by atoms with Gasteiger partial charge in [-0.1, -0.05) is 60.7 Å². The van der Waals surface area contributed by atoms with Crippen molar-refractivity contribution in [1.82, 2.24) is 20.4 Å². The Hall–Kier alpha value is -6.68. The van der Waals surface area contributed by atoms with Crippen molar-refractivity contribution in [3.8, 4) is 11.3 Å². The minimum Gasteiger partial charge on any atom is -0.465 e. The number of nitrogens with one attached hydrogen (secondary N) is 4. The van der Waals surface area contributed by atoms with E-state index >= 15 is 0 Å². The average Bonchev–Trinajstić information content (AvgIpc) is 4.02. The highest BCUT2D eigenvalue weighted by molar-refractivity contribution is 9.10. The number of rotatable bonds is 11. The fourth-order valence-electron chi connectivity index (χ4n) is 7.84. The highest BCUT2D eigenvalue weighted by Gasteiger charge is 2.40. The van der Waals surface area contributed by atoms with E-state index in [1.54, 1.807) is 118 Å².